The normalized spacial score (nSPS) is 10.9. The maximum Gasteiger partial charge on any atom is 0.331 e. The molecule has 0 aromatic rings. The van der Waals surface area contributed by atoms with E-state index in [0.29, 0.717) is 0 Å². The number of hydrogen-bond acceptors (Lipinski definition) is 4. The van der Waals surface area contributed by atoms with Crippen molar-refractivity contribution in [2.24, 2.45) is 5.41 Å². The first-order valence-corrected chi connectivity index (χ1v) is 6.19. The fourth-order valence-corrected chi connectivity index (χ4v) is 2.09. The third-order valence-corrected chi connectivity index (χ3v) is 3.35. The summed E-state index contributed by atoms with van der Waals surface area (Å²) in [7, 11) is 0. The summed E-state index contributed by atoms with van der Waals surface area (Å²) >= 11 is 0. The molecule has 0 aliphatic rings. The fourth-order valence-electron chi connectivity index (χ4n) is 2.09. The molecule has 0 radical (unpaired) electrons. The van der Waals surface area contributed by atoms with Crippen LogP contribution in [0, 0.1) is 5.41 Å². The first-order valence-electron chi connectivity index (χ1n) is 6.19. The van der Waals surface area contributed by atoms with Crippen molar-refractivity contribution in [2.75, 3.05) is 0 Å². The average molecular weight is 302 g/mol. The second-order valence-corrected chi connectivity index (χ2v) is 4.75. The Labute approximate surface area is 120 Å². The molecule has 8 nitrogen and oxygen atoms in total. The topological polar surface area (TPSA) is 149 Å². The quantitative estimate of drug-likeness (QED) is 0.416. The Hall–Kier alpha value is -2.38. The monoisotopic (exact) mass is 302 g/mol. The zero-order chi connectivity index (χ0) is 16.6. The minimum absolute atomic E-state index is 0.173. The van der Waals surface area contributed by atoms with Gasteiger partial charge in [-0.05, 0) is 19.3 Å². The SMILES string of the molecule is C=C(C(=O)O)C(CCC(=O)O)(CCC(=O)O)CCC(=O)O. The molecule has 0 aromatic carbocycles. The molecular weight excluding hydrogens is 284 g/mol. The van der Waals surface area contributed by atoms with Crippen molar-refractivity contribution >= 4 is 23.9 Å². The van der Waals surface area contributed by atoms with Crippen LogP contribution in [0.25, 0.3) is 0 Å². The minimum atomic E-state index is -1.39. The lowest BCUT2D eigenvalue weighted by atomic mass is 9.70. The summed E-state index contributed by atoms with van der Waals surface area (Å²) in [6, 6.07) is 0. The maximum atomic E-state index is 11.1. The van der Waals surface area contributed by atoms with E-state index in [1.54, 1.807) is 0 Å². The predicted octanol–water partition coefficient (Wildman–Crippen LogP) is 1.21. The molecule has 0 aliphatic carbocycles. The Morgan fingerprint density at radius 1 is 0.714 bits per heavy atom. The van der Waals surface area contributed by atoms with Gasteiger partial charge in [0.05, 0.1) is 0 Å². The van der Waals surface area contributed by atoms with Gasteiger partial charge in [-0.1, -0.05) is 6.58 Å². The number of carbonyl (C=O) groups is 4. The van der Waals surface area contributed by atoms with E-state index in [4.69, 9.17) is 20.4 Å². The first-order chi connectivity index (χ1) is 9.60. The molecule has 0 fully saturated rings. The van der Waals surface area contributed by atoms with Crippen molar-refractivity contribution in [3.63, 3.8) is 0 Å². The van der Waals surface area contributed by atoms with Gasteiger partial charge in [0.25, 0.3) is 0 Å². The molecule has 118 valence electrons. The predicted molar refractivity (Wildman–Crippen MR) is 69.8 cm³/mol. The Morgan fingerprint density at radius 3 is 1.19 bits per heavy atom. The van der Waals surface area contributed by atoms with E-state index in [2.05, 4.69) is 6.58 Å². The molecule has 0 spiro atoms. The van der Waals surface area contributed by atoms with Crippen LogP contribution < -0.4 is 0 Å². The highest BCUT2D eigenvalue weighted by molar-refractivity contribution is 5.88. The van der Waals surface area contributed by atoms with E-state index < -0.39 is 48.6 Å². The number of carboxylic acid groups (broad SMARTS) is 4. The van der Waals surface area contributed by atoms with Gasteiger partial charge < -0.3 is 20.4 Å². The van der Waals surface area contributed by atoms with E-state index in [1.165, 1.54) is 0 Å². The van der Waals surface area contributed by atoms with E-state index >= 15 is 0 Å². The van der Waals surface area contributed by atoms with Crippen LogP contribution in [0.4, 0.5) is 0 Å². The zero-order valence-electron chi connectivity index (χ0n) is 11.4. The lowest BCUT2D eigenvalue weighted by Crippen LogP contribution is -2.30. The molecule has 0 aromatic heterocycles. The van der Waals surface area contributed by atoms with Crippen molar-refractivity contribution in [2.45, 2.75) is 38.5 Å². The molecular formula is C13H18O8. The molecule has 0 saturated heterocycles. The van der Waals surface area contributed by atoms with Gasteiger partial charge in [0.1, 0.15) is 0 Å². The Bertz CT molecular complexity index is 406. The van der Waals surface area contributed by atoms with Gasteiger partial charge in [0.2, 0.25) is 0 Å². The highest BCUT2D eigenvalue weighted by Crippen LogP contribution is 2.41. The van der Waals surface area contributed by atoms with Crippen molar-refractivity contribution in [3.8, 4) is 0 Å². The summed E-state index contributed by atoms with van der Waals surface area (Å²) in [5.41, 5.74) is -1.72. The second kappa shape index (κ2) is 8.03. The van der Waals surface area contributed by atoms with Gasteiger partial charge >= 0.3 is 23.9 Å². The smallest absolute Gasteiger partial charge is 0.331 e. The van der Waals surface area contributed by atoms with Crippen LogP contribution >= 0.6 is 0 Å². The molecule has 0 atom stereocenters. The highest BCUT2D eigenvalue weighted by atomic mass is 16.4. The average Bonchev–Trinajstić information content (AvgIpc) is 2.36. The summed E-state index contributed by atoms with van der Waals surface area (Å²) in [4.78, 5) is 43.3. The molecule has 0 bridgehead atoms. The Morgan fingerprint density at radius 2 is 1.00 bits per heavy atom. The van der Waals surface area contributed by atoms with Crippen LogP contribution in [-0.4, -0.2) is 44.3 Å². The van der Waals surface area contributed by atoms with E-state index in [-0.39, 0.29) is 24.8 Å². The van der Waals surface area contributed by atoms with Gasteiger partial charge in [-0.15, -0.1) is 0 Å². The van der Waals surface area contributed by atoms with Crippen molar-refractivity contribution in [3.05, 3.63) is 12.2 Å². The molecule has 0 saturated carbocycles. The molecule has 4 N–H and O–H groups in total. The molecule has 0 amide bonds. The Balaban J connectivity index is 5.38. The lowest BCUT2D eigenvalue weighted by molar-refractivity contribution is -0.140. The summed E-state index contributed by atoms with van der Waals surface area (Å²) < 4.78 is 0. The molecule has 0 unspecified atom stereocenters. The van der Waals surface area contributed by atoms with Crippen LogP contribution in [0.3, 0.4) is 0 Å². The third-order valence-electron chi connectivity index (χ3n) is 3.35. The van der Waals surface area contributed by atoms with Gasteiger partial charge in [-0.25, -0.2) is 4.79 Å². The zero-order valence-corrected chi connectivity index (χ0v) is 11.4. The summed E-state index contributed by atoms with van der Waals surface area (Å²) in [5.74, 6) is -4.93. The number of rotatable bonds is 11. The van der Waals surface area contributed by atoms with Crippen LogP contribution in [-0.2, 0) is 19.2 Å². The molecule has 0 rings (SSSR count). The van der Waals surface area contributed by atoms with Crippen molar-refractivity contribution < 1.29 is 39.6 Å². The third kappa shape index (κ3) is 6.55. The number of hydrogen-bond donors (Lipinski definition) is 4. The first kappa shape index (κ1) is 18.6. The fraction of sp³-hybridized carbons (Fsp3) is 0.538. The van der Waals surface area contributed by atoms with Gasteiger partial charge in [-0.3, -0.25) is 14.4 Å². The molecule has 0 heterocycles. The van der Waals surface area contributed by atoms with E-state index in [9.17, 15) is 19.2 Å². The molecule has 21 heavy (non-hydrogen) atoms. The summed E-state index contributed by atoms with van der Waals surface area (Å²) in [5, 5.41) is 35.3. The van der Waals surface area contributed by atoms with Crippen LogP contribution in [0.15, 0.2) is 12.2 Å². The molecule has 8 heteroatoms. The van der Waals surface area contributed by atoms with Crippen LogP contribution in [0.2, 0.25) is 0 Å². The van der Waals surface area contributed by atoms with Crippen molar-refractivity contribution in [1.29, 1.82) is 0 Å². The molecule has 0 aliphatic heterocycles. The van der Waals surface area contributed by atoms with Crippen LogP contribution in [0.1, 0.15) is 38.5 Å². The second-order valence-electron chi connectivity index (χ2n) is 4.75. The van der Waals surface area contributed by atoms with E-state index in [0.717, 1.165) is 0 Å². The number of aliphatic carboxylic acids is 4. The minimum Gasteiger partial charge on any atom is -0.481 e. The Kier molecular flexibility index (Phi) is 7.12. The van der Waals surface area contributed by atoms with Gasteiger partial charge in [-0.2, -0.15) is 0 Å². The lowest BCUT2D eigenvalue weighted by Gasteiger charge is -2.33. The maximum absolute atomic E-state index is 11.1. The van der Waals surface area contributed by atoms with Crippen LogP contribution in [0.5, 0.6) is 0 Å². The highest BCUT2D eigenvalue weighted by Gasteiger charge is 2.37. The summed E-state index contributed by atoms with van der Waals surface area (Å²) in [6.07, 6.45) is -1.71. The standard InChI is InChI=1S/C13H18O8/c1-8(12(20)21)13(5-2-9(14)15,6-3-10(16)17)7-4-11(18)19/h1-7H2,(H,14,15)(H,16,17)(H,18,19)(H,20,21). The van der Waals surface area contributed by atoms with E-state index in [1.807, 2.05) is 0 Å². The summed E-state index contributed by atoms with van der Waals surface area (Å²) in [6.45, 7) is 3.38. The van der Waals surface area contributed by atoms with Crippen molar-refractivity contribution in [1.82, 2.24) is 0 Å². The van der Waals surface area contributed by atoms with Gasteiger partial charge in [0.15, 0.2) is 0 Å². The largest absolute Gasteiger partial charge is 0.481 e. The van der Waals surface area contributed by atoms with Gasteiger partial charge in [0, 0.05) is 30.3 Å². The number of carboxylic acids is 4.